The minimum atomic E-state index is -0.712. The quantitative estimate of drug-likeness (QED) is 0.377. The predicted molar refractivity (Wildman–Crippen MR) is 110 cm³/mol. The van der Waals surface area contributed by atoms with E-state index >= 15 is 0 Å². The molecule has 3 aromatic rings. The summed E-state index contributed by atoms with van der Waals surface area (Å²) in [6.07, 6.45) is 3.25. The monoisotopic (exact) mass is 440 g/mol. The van der Waals surface area contributed by atoms with Crippen LogP contribution in [-0.2, 0) is 9.59 Å². The molecule has 2 aliphatic rings. The van der Waals surface area contributed by atoms with Gasteiger partial charge in [0.25, 0.3) is 5.69 Å². The molecule has 3 atom stereocenters. The standard InChI is InChI=1S/C19H12N4O5S2/c24-17-13-12(9-2-1-7-20-8-9)14-16(21-19(26)30-14)29-15(13)18(25)22(17)10-3-5-11(6-4-10)23(27)28/h1-8,12-13,15H,(H,21,26). The fraction of sp³-hybridized carbons (Fsp3) is 0.158. The van der Waals surface area contributed by atoms with Gasteiger partial charge in [0.15, 0.2) is 0 Å². The minimum Gasteiger partial charge on any atom is -0.307 e. The van der Waals surface area contributed by atoms with Crippen LogP contribution in [0.3, 0.4) is 0 Å². The summed E-state index contributed by atoms with van der Waals surface area (Å²) in [5.41, 5.74) is 0.904. The number of non-ortho nitro benzene ring substituents is 1. The summed E-state index contributed by atoms with van der Waals surface area (Å²) in [5, 5.41) is 10.8. The number of H-pyrrole nitrogens is 1. The van der Waals surface area contributed by atoms with Crippen LogP contribution in [0.2, 0.25) is 0 Å². The van der Waals surface area contributed by atoms with Crippen molar-refractivity contribution in [2.24, 2.45) is 5.92 Å². The van der Waals surface area contributed by atoms with Crippen LogP contribution in [0.1, 0.15) is 16.4 Å². The highest BCUT2D eigenvalue weighted by Crippen LogP contribution is 2.53. The predicted octanol–water partition coefficient (Wildman–Crippen LogP) is 2.54. The zero-order chi connectivity index (χ0) is 21.0. The first-order valence-electron chi connectivity index (χ1n) is 8.87. The van der Waals surface area contributed by atoms with E-state index in [0.29, 0.717) is 9.90 Å². The van der Waals surface area contributed by atoms with Crippen LogP contribution in [0.5, 0.6) is 0 Å². The largest absolute Gasteiger partial charge is 0.307 e. The van der Waals surface area contributed by atoms with Gasteiger partial charge in [-0.1, -0.05) is 29.2 Å². The normalized spacial score (nSPS) is 22.7. The van der Waals surface area contributed by atoms with E-state index in [0.717, 1.165) is 21.8 Å². The molecular formula is C19H12N4O5S2. The third-order valence-corrected chi connectivity index (χ3v) is 7.59. The molecule has 0 aliphatic carbocycles. The number of carbonyl (C=O) groups is 2. The van der Waals surface area contributed by atoms with Crippen LogP contribution >= 0.6 is 23.1 Å². The molecule has 30 heavy (non-hydrogen) atoms. The third kappa shape index (κ3) is 2.77. The number of anilines is 1. The second-order valence-electron chi connectivity index (χ2n) is 6.82. The van der Waals surface area contributed by atoms with E-state index < -0.39 is 33.8 Å². The van der Waals surface area contributed by atoms with Crippen LogP contribution in [0.15, 0.2) is 58.6 Å². The lowest BCUT2D eigenvalue weighted by atomic mass is 9.84. The molecule has 0 bridgehead atoms. The highest BCUT2D eigenvalue weighted by molar-refractivity contribution is 8.00. The third-order valence-electron chi connectivity index (χ3n) is 5.19. The van der Waals surface area contributed by atoms with Crippen molar-refractivity contribution < 1.29 is 14.5 Å². The number of carbonyl (C=O) groups excluding carboxylic acids is 2. The molecule has 0 radical (unpaired) electrons. The first-order chi connectivity index (χ1) is 14.5. The molecule has 150 valence electrons. The second-order valence-corrected chi connectivity index (χ2v) is 8.99. The summed E-state index contributed by atoms with van der Waals surface area (Å²) in [7, 11) is 0. The van der Waals surface area contributed by atoms with Crippen molar-refractivity contribution in [3.63, 3.8) is 0 Å². The summed E-state index contributed by atoms with van der Waals surface area (Å²) in [5.74, 6) is -1.99. The lowest BCUT2D eigenvalue weighted by molar-refractivity contribution is -0.384. The van der Waals surface area contributed by atoms with Gasteiger partial charge in [0.1, 0.15) is 5.25 Å². The fourth-order valence-corrected chi connectivity index (χ4v) is 6.43. The average molecular weight is 440 g/mol. The molecule has 0 spiro atoms. The topological polar surface area (TPSA) is 126 Å². The maximum Gasteiger partial charge on any atom is 0.305 e. The molecule has 0 saturated carbocycles. The Kier molecular flexibility index (Phi) is 4.29. The number of nitro groups is 1. The number of nitrogens with one attached hydrogen (secondary N) is 1. The Balaban J connectivity index is 1.61. The van der Waals surface area contributed by atoms with E-state index in [4.69, 9.17) is 0 Å². The van der Waals surface area contributed by atoms with Crippen LogP contribution in [0.25, 0.3) is 0 Å². The number of hydrogen-bond acceptors (Lipinski definition) is 8. The summed E-state index contributed by atoms with van der Waals surface area (Å²) < 4.78 is 0. The van der Waals surface area contributed by atoms with Crippen molar-refractivity contribution in [3.8, 4) is 0 Å². The highest BCUT2D eigenvalue weighted by atomic mass is 32.2. The molecule has 2 aromatic heterocycles. The van der Waals surface area contributed by atoms with E-state index in [1.54, 1.807) is 18.5 Å². The van der Waals surface area contributed by atoms with Gasteiger partial charge in [0.05, 0.1) is 21.6 Å². The molecule has 11 heteroatoms. The van der Waals surface area contributed by atoms with Crippen LogP contribution in [-0.4, -0.2) is 32.0 Å². The number of rotatable bonds is 3. The molecule has 3 unspecified atom stereocenters. The summed E-state index contributed by atoms with van der Waals surface area (Å²) in [4.78, 5) is 57.5. The number of aromatic amines is 1. The maximum absolute atomic E-state index is 13.4. The SMILES string of the molecule is O=C1C2Sc3[nH]c(=O)sc3C(c3cccnc3)C2C(=O)N1c1ccc([N+](=O)[O-])cc1. The minimum absolute atomic E-state index is 0.127. The Morgan fingerprint density at radius 2 is 1.87 bits per heavy atom. The average Bonchev–Trinajstić information content (AvgIpc) is 3.23. The number of nitrogens with zero attached hydrogens (tertiary/aromatic N) is 3. The number of nitro benzene ring substituents is 1. The maximum atomic E-state index is 13.4. The van der Waals surface area contributed by atoms with E-state index in [-0.39, 0.29) is 16.2 Å². The zero-order valence-electron chi connectivity index (χ0n) is 15.1. The number of aromatic nitrogens is 2. The smallest absolute Gasteiger partial charge is 0.305 e. The van der Waals surface area contributed by atoms with Gasteiger partial charge in [-0.3, -0.25) is 29.5 Å². The van der Waals surface area contributed by atoms with Gasteiger partial charge in [0.2, 0.25) is 11.8 Å². The number of fused-ring (bicyclic) bond motifs is 2. The number of hydrogen-bond donors (Lipinski definition) is 1. The molecule has 5 rings (SSSR count). The van der Waals surface area contributed by atoms with Crippen molar-refractivity contribution in [3.05, 3.63) is 79.0 Å². The van der Waals surface area contributed by atoms with E-state index in [1.807, 2.05) is 6.07 Å². The number of thiazole rings is 1. The first-order valence-corrected chi connectivity index (χ1v) is 10.6. The van der Waals surface area contributed by atoms with E-state index in [9.17, 15) is 24.5 Å². The van der Waals surface area contributed by atoms with Gasteiger partial charge in [-0.15, -0.1) is 0 Å². The molecule has 1 fully saturated rings. The highest BCUT2D eigenvalue weighted by Gasteiger charge is 2.56. The Labute approximate surface area is 176 Å². The number of pyridine rings is 1. The van der Waals surface area contributed by atoms with Crippen molar-refractivity contribution in [1.29, 1.82) is 0 Å². The van der Waals surface area contributed by atoms with E-state index in [1.165, 1.54) is 36.0 Å². The molecule has 1 aromatic carbocycles. The van der Waals surface area contributed by atoms with Crippen LogP contribution in [0.4, 0.5) is 11.4 Å². The van der Waals surface area contributed by atoms with Gasteiger partial charge >= 0.3 is 4.87 Å². The molecule has 9 nitrogen and oxygen atoms in total. The number of amides is 2. The van der Waals surface area contributed by atoms with Crippen LogP contribution < -0.4 is 9.77 Å². The van der Waals surface area contributed by atoms with Gasteiger partial charge in [-0.2, -0.15) is 0 Å². The molecular weight excluding hydrogens is 428 g/mol. The first kappa shape index (κ1) is 18.7. The Hall–Kier alpha value is -3.31. The zero-order valence-corrected chi connectivity index (χ0v) is 16.7. The van der Waals surface area contributed by atoms with Crippen molar-refractivity contribution in [2.45, 2.75) is 16.2 Å². The molecule has 4 heterocycles. The van der Waals surface area contributed by atoms with Gasteiger partial charge < -0.3 is 4.98 Å². The van der Waals surface area contributed by atoms with E-state index in [2.05, 4.69) is 9.97 Å². The Bertz CT molecular complexity index is 1240. The number of imide groups is 1. The summed E-state index contributed by atoms with van der Waals surface area (Å²) in [6, 6.07) is 8.89. The van der Waals surface area contributed by atoms with Gasteiger partial charge in [-0.05, 0) is 23.8 Å². The van der Waals surface area contributed by atoms with Crippen molar-refractivity contribution in [2.75, 3.05) is 4.90 Å². The molecule has 2 aliphatic heterocycles. The molecule has 1 saturated heterocycles. The lowest BCUT2D eigenvalue weighted by Crippen LogP contribution is -2.32. The van der Waals surface area contributed by atoms with Gasteiger partial charge in [0, 0.05) is 35.3 Å². The summed E-state index contributed by atoms with van der Waals surface area (Å²) in [6.45, 7) is 0. The Morgan fingerprint density at radius 3 is 2.53 bits per heavy atom. The second kappa shape index (κ2) is 6.89. The van der Waals surface area contributed by atoms with Gasteiger partial charge in [-0.25, -0.2) is 4.90 Å². The summed E-state index contributed by atoms with van der Waals surface area (Å²) >= 11 is 2.21. The number of benzene rings is 1. The number of thioether (sulfide) groups is 1. The Morgan fingerprint density at radius 1 is 1.10 bits per heavy atom. The fourth-order valence-electron chi connectivity index (χ4n) is 3.91. The van der Waals surface area contributed by atoms with Crippen molar-refractivity contribution in [1.82, 2.24) is 9.97 Å². The van der Waals surface area contributed by atoms with Crippen molar-refractivity contribution >= 4 is 46.3 Å². The molecule has 1 N–H and O–H groups in total. The molecule has 2 amide bonds. The lowest BCUT2D eigenvalue weighted by Gasteiger charge is -2.29. The van der Waals surface area contributed by atoms with Crippen LogP contribution in [0, 0.1) is 16.0 Å².